The van der Waals surface area contributed by atoms with Crippen LogP contribution in [0, 0.1) is 5.92 Å². The SMILES string of the molecule is COC(=O)c1cccc(N2CC(C(=O)NCCc3ccc(OC)cc3)CC2=O)c1. The first-order valence-electron chi connectivity index (χ1n) is 9.41. The third-order valence-corrected chi connectivity index (χ3v) is 4.95. The number of esters is 1. The summed E-state index contributed by atoms with van der Waals surface area (Å²) in [7, 11) is 2.93. The minimum Gasteiger partial charge on any atom is -0.497 e. The van der Waals surface area contributed by atoms with Crippen molar-refractivity contribution in [1.29, 1.82) is 0 Å². The van der Waals surface area contributed by atoms with E-state index in [9.17, 15) is 14.4 Å². The van der Waals surface area contributed by atoms with Crippen LogP contribution >= 0.6 is 0 Å². The molecule has 29 heavy (non-hydrogen) atoms. The average Bonchev–Trinajstić information content (AvgIpc) is 3.15. The van der Waals surface area contributed by atoms with Crippen LogP contribution in [0.2, 0.25) is 0 Å². The molecule has 1 unspecified atom stereocenters. The van der Waals surface area contributed by atoms with E-state index in [1.807, 2.05) is 24.3 Å². The van der Waals surface area contributed by atoms with Gasteiger partial charge in [-0.25, -0.2) is 4.79 Å². The molecule has 0 spiro atoms. The fourth-order valence-electron chi connectivity index (χ4n) is 3.32. The lowest BCUT2D eigenvalue weighted by atomic mass is 10.1. The zero-order valence-electron chi connectivity index (χ0n) is 16.5. The van der Waals surface area contributed by atoms with E-state index in [0.717, 1.165) is 11.3 Å². The summed E-state index contributed by atoms with van der Waals surface area (Å²) in [5, 5.41) is 2.91. The fraction of sp³-hybridized carbons (Fsp3) is 0.318. The number of rotatable bonds is 7. The van der Waals surface area contributed by atoms with Crippen LogP contribution in [-0.2, 0) is 20.7 Å². The molecule has 3 rings (SSSR count). The molecule has 1 atom stereocenters. The van der Waals surface area contributed by atoms with Gasteiger partial charge >= 0.3 is 5.97 Å². The highest BCUT2D eigenvalue weighted by Gasteiger charge is 2.35. The molecule has 2 amide bonds. The Labute approximate surface area is 169 Å². The third-order valence-electron chi connectivity index (χ3n) is 4.95. The van der Waals surface area contributed by atoms with Crippen molar-refractivity contribution in [3.8, 4) is 5.75 Å². The highest BCUT2D eigenvalue weighted by molar-refractivity contribution is 6.01. The molecule has 1 aliphatic heterocycles. The number of hydrogen-bond acceptors (Lipinski definition) is 5. The number of anilines is 1. The van der Waals surface area contributed by atoms with Crippen LogP contribution in [0.15, 0.2) is 48.5 Å². The smallest absolute Gasteiger partial charge is 0.337 e. The number of amides is 2. The highest BCUT2D eigenvalue weighted by atomic mass is 16.5. The van der Waals surface area contributed by atoms with Crippen molar-refractivity contribution in [1.82, 2.24) is 5.32 Å². The molecule has 1 aliphatic rings. The van der Waals surface area contributed by atoms with Gasteiger partial charge in [-0.3, -0.25) is 9.59 Å². The minimum absolute atomic E-state index is 0.137. The summed E-state index contributed by atoms with van der Waals surface area (Å²) in [6, 6.07) is 14.3. The number of carbonyl (C=O) groups is 3. The van der Waals surface area contributed by atoms with Gasteiger partial charge in [0.1, 0.15) is 5.75 Å². The van der Waals surface area contributed by atoms with Gasteiger partial charge in [-0.2, -0.15) is 0 Å². The van der Waals surface area contributed by atoms with E-state index in [-0.39, 0.29) is 24.8 Å². The Morgan fingerprint density at radius 2 is 1.90 bits per heavy atom. The molecule has 0 bridgehead atoms. The van der Waals surface area contributed by atoms with Crippen LogP contribution < -0.4 is 15.0 Å². The Bertz CT molecular complexity index is 894. The number of methoxy groups -OCH3 is 2. The Balaban J connectivity index is 1.55. The molecular formula is C22H24N2O5. The van der Waals surface area contributed by atoms with E-state index < -0.39 is 11.9 Å². The monoisotopic (exact) mass is 396 g/mol. The van der Waals surface area contributed by atoms with E-state index in [4.69, 9.17) is 9.47 Å². The number of nitrogens with zero attached hydrogens (tertiary/aromatic N) is 1. The topological polar surface area (TPSA) is 84.9 Å². The number of benzene rings is 2. The van der Waals surface area contributed by atoms with E-state index >= 15 is 0 Å². The molecule has 0 saturated carbocycles. The number of carbonyl (C=O) groups excluding carboxylic acids is 3. The van der Waals surface area contributed by atoms with Crippen molar-refractivity contribution in [2.45, 2.75) is 12.8 Å². The van der Waals surface area contributed by atoms with Gasteiger partial charge in [0.05, 0.1) is 25.7 Å². The van der Waals surface area contributed by atoms with Gasteiger partial charge in [-0.1, -0.05) is 18.2 Å². The molecule has 0 aliphatic carbocycles. The zero-order valence-corrected chi connectivity index (χ0v) is 16.5. The van der Waals surface area contributed by atoms with Gasteiger partial charge in [0.15, 0.2) is 0 Å². The summed E-state index contributed by atoms with van der Waals surface area (Å²) in [5.74, 6) is -0.370. The maximum atomic E-state index is 12.5. The highest BCUT2D eigenvalue weighted by Crippen LogP contribution is 2.26. The molecule has 1 saturated heterocycles. The summed E-state index contributed by atoms with van der Waals surface area (Å²) < 4.78 is 9.85. The van der Waals surface area contributed by atoms with Gasteiger partial charge in [-0.05, 0) is 42.3 Å². The Hall–Kier alpha value is -3.35. The molecule has 0 aromatic heterocycles. The van der Waals surface area contributed by atoms with Crippen LogP contribution in [0.3, 0.4) is 0 Å². The molecule has 1 fully saturated rings. The maximum absolute atomic E-state index is 12.5. The third kappa shape index (κ3) is 4.93. The van der Waals surface area contributed by atoms with Crippen LogP contribution in [0.1, 0.15) is 22.3 Å². The summed E-state index contributed by atoms with van der Waals surface area (Å²) in [6.07, 6.45) is 0.845. The second-order valence-electron chi connectivity index (χ2n) is 6.84. The molecule has 152 valence electrons. The summed E-state index contributed by atoms with van der Waals surface area (Å²) in [5.41, 5.74) is 2.05. The van der Waals surface area contributed by atoms with Gasteiger partial charge in [0.2, 0.25) is 11.8 Å². The lowest BCUT2D eigenvalue weighted by Gasteiger charge is -2.17. The summed E-state index contributed by atoms with van der Waals surface area (Å²) >= 11 is 0. The van der Waals surface area contributed by atoms with E-state index in [2.05, 4.69) is 5.32 Å². The van der Waals surface area contributed by atoms with Crippen LogP contribution in [-0.4, -0.2) is 45.1 Å². The van der Waals surface area contributed by atoms with Crippen molar-refractivity contribution in [3.63, 3.8) is 0 Å². The molecular weight excluding hydrogens is 372 g/mol. The van der Waals surface area contributed by atoms with Crippen molar-refractivity contribution in [2.24, 2.45) is 5.92 Å². The largest absolute Gasteiger partial charge is 0.497 e. The Morgan fingerprint density at radius 1 is 1.14 bits per heavy atom. The first-order chi connectivity index (χ1) is 14.0. The van der Waals surface area contributed by atoms with E-state index in [0.29, 0.717) is 24.2 Å². The van der Waals surface area contributed by atoms with Crippen molar-refractivity contribution < 1.29 is 23.9 Å². The molecule has 0 radical (unpaired) electrons. The Kier molecular flexibility index (Phi) is 6.49. The predicted molar refractivity (Wildman–Crippen MR) is 108 cm³/mol. The van der Waals surface area contributed by atoms with Crippen molar-refractivity contribution in [3.05, 3.63) is 59.7 Å². The lowest BCUT2D eigenvalue weighted by Crippen LogP contribution is -2.34. The quantitative estimate of drug-likeness (QED) is 0.726. The van der Waals surface area contributed by atoms with Crippen molar-refractivity contribution >= 4 is 23.5 Å². The van der Waals surface area contributed by atoms with Gasteiger partial charge in [-0.15, -0.1) is 0 Å². The fourth-order valence-corrected chi connectivity index (χ4v) is 3.32. The molecule has 7 nitrogen and oxygen atoms in total. The molecule has 1 heterocycles. The zero-order chi connectivity index (χ0) is 20.8. The molecule has 2 aromatic carbocycles. The van der Waals surface area contributed by atoms with Gasteiger partial charge < -0.3 is 19.7 Å². The number of ether oxygens (including phenoxy) is 2. The van der Waals surface area contributed by atoms with Crippen LogP contribution in [0.25, 0.3) is 0 Å². The van der Waals surface area contributed by atoms with Crippen LogP contribution in [0.5, 0.6) is 5.75 Å². The number of nitrogens with one attached hydrogen (secondary N) is 1. The molecule has 2 aromatic rings. The minimum atomic E-state index is -0.466. The second-order valence-corrected chi connectivity index (χ2v) is 6.84. The van der Waals surface area contributed by atoms with Crippen LogP contribution in [0.4, 0.5) is 5.69 Å². The lowest BCUT2D eigenvalue weighted by molar-refractivity contribution is -0.126. The molecule has 7 heteroatoms. The Morgan fingerprint density at radius 3 is 2.59 bits per heavy atom. The second kappa shape index (κ2) is 9.23. The summed E-state index contributed by atoms with van der Waals surface area (Å²) in [4.78, 5) is 38.2. The maximum Gasteiger partial charge on any atom is 0.337 e. The standard InChI is InChI=1S/C22H24N2O5/c1-28-19-8-6-15(7-9-19)10-11-23-21(26)17-13-20(25)24(14-17)18-5-3-4-16(12-18)22(27)29-2/h3-9,12,17H,10-11,13-14H2,1-2H3,(H,23,26). The predicted octanol–water partition coefficient (Wildman–Crippen LogP) is 2.19. The first-order valence-corrected chi connectivity index (χ1v) is 9.41. The van der Waals surface area contributed by atoms with Gasteiger partial charge in [0, 0.05) is 25.2 Å². The van der Waals surface area contributed by atoms with Crippen molar-refractivity contribution in [2.75, 3.05) is 32.2 Å². The average molecular weight is 396 g/mol. The van der Waals surface area contributed by atoms with E-state index in [1.54, 1.807) is 36.3 Å². The first kappa shape index (κ1) is 20.4. The van der Waals surface area contributed by atoms with E-state index in [1.165, 1.54) is 7.11 Å². The normalized spacial score (nSPS) is 15.9. The number of hydrogen-bond donors (Lipinski definition) is 1. The van der Waals surface area contributed by atoms with Gasteiger partial charge in [0.25, 0.3) is 0 Å². The summed E-state index contributed by atoms with van der Waals surface area (Å²) in [6.45, 7) is 0.783. The molecule has 1 N–H and O–H groups in total.